The van der Waals surface area contributed by atoms with Crippen LogP contribution in [0.15, 0.2) is 12.3 Å². The van der Waals surface area contributed by atoms with Crippen LogP contribution >= 0.6 is 11.8 Å². The number of nitrogens with two attached hydrogens (primary N) is 1. The van der Waals surface area contributed by atoms with E-state index < -0.39 is 21.0 Å². The second-order valence-electron chi connectivity index (χ2n) is 4.39. The molecular weight excluding hydrogens is 289 g/mol. The van der Waals surface area contributed by atoms with Crippen molar-refractivity contribution in [3.05, 3.63) is 23.6 Å². The predicted octanol–water partition coefficient (Wildman–Crippen LogP) is 0.603. The van der Waals surface area contributed by atoms with Crippen LogP contribution in [0.1, 0.15) is 5.56 Å². The molecule has 1 atom stereocenters. The van der Waals surface area contributed by atoms with Gasteiger partial charge in [0, 0.05) is 36.4 Å². The minimum absolute atomic E-state index is 0.125. The molecular formula is C11H16FN3O2S2. The van der Waals surface area contributed by atoms with Crippen molar-refractivity contribution in [2.75, 3.05) is 29.2 Å². The Morgan fingerprint density at radius 3 is 3.00 bits per heavy atom. The number of thioether (sulfide) groups is 1. The molecule has 1 aromatic heterocycles. The first-order chi connectivity index (χ1) is 8.93. The molecule has 1 aliphatic heterocycles. The summed E-state index contributed by atoms with van der Waals surface area (Å²) in [4.78, 5) is 5.75. The van der Waals surface area contributed by atoms with Gasteiger partial charge in [-0.15, -0.1) is 0 Å². The first-order valence-corrected chi connectivity index (χ1v) is 8.92. The summed E-state index contributed by atoms with van der Waals surface area (Å²) in [6, 6.07) is 1.31. The summed E-state index contributed by atoms with van der Waals surface area (Å²) < 4.78 is 36.9. The van der Waals surface area contributed by atoms with Gasteiger partial charge < -0.3 is 10.6 Å². The maximum atomic E-state index is 13.2. The first-order valence-electron chi connectivity index (χ1n) is 5.81. The highest BCUT2D eigenvalue weighted by molar-refractivity contribution is 8.01. The van der Waals surface area contributed by atoms with Crippen LogP contribution in [0, 0.1) is 5.82 Å². The summed E-state index contributed by atoms with van der Waals surface area (Å²) >= 11 is 1.59. The molecule has 1 unspecified atom stereocenters. The van der Waals surface area contributed by atoms with E-state index in [9.17, 15) is 12.8 Å². The highest BCUT2D eigenvalue weighted by Gasteiger charge is 2.32. The maximum Gasteiger partial charge on any atom is 0.169 e. The van der Waals surface area contributed by atoms with Gasteiger partial charge in [0.05, 0.1) is 6.20 Å². The zero-order valence-corrected chi connectivity index (χ0v) is 12.2. The van der Waals surface area contributed by atoms with Gasteiger partial charge >= 0.3 is 0 Å². The Bertz CT molecular complexity index is 565. The molecule has 0 saturated carbocycles. The molecule has 0 aromatic carbocycles. The van der Waals surface area contributed by atoms with Gasteiger partial charge in [-0.3, -0.25) is 0 Å². The van der Waals surface area contributed by atoms with E-state index in [1.807, 2.05) is 0 Å². The van der Waals surface area contributed by atoms with Crippen molar-refractivity contribution >= 4 is 27.4 Å². The van der Waals surface area contributed by atoms with Crippen molar-refractivity contribution in [1.82, 2.24) is 4.98 Å². The van der Waals surface area contributed by atoms with Crippen LogP contribution in [0.3, 0.4) is 0 Å². The molecule has 1 aromatic rings. The molecule has 0 amide bonds. The molecule has 2 heterocycles. The third kappa shape index (κ3) is 3.18. The smallest absolute Gasteiger partial charge is 0.169 e. The number of pyridine rings is 1. The molecule has 1 aliphatic rings. The van der Waals surface area contributed by atoms with E-state index in [1.54, 1.807) is 16.7 Å². The zero-order valence-electron chi connectivity index (χ0n) is 10.5. The van der Waals surface area contributed by atoms with Gasteiger partial charge in [-0.1, -0.05) is 0 Å². The van der Waals surface area contributed by atoms with E-state index in [-0.39, 0.29) is 6.54 Å². The summed E-state index contributed by atoms with van der Waals surface area (Å²) in [7, 11) is -3.23. The van der Waals surface area contributed by atoms with Crippen LogP contribution in [-0.2, 0) is 16.4 Å². The minimum Gasteiger partial charge on any atom is -0.338 e. The maximum absolute atomic E-state index is 13.2. The Kier molecular flexibility index (Phi) is 4.32. The number of halogens is 1. The molecule has 2 N–H and O–H groups in total. The lowest BCUT2D eigenvalue weighted by Crippen LogP contribution is -2.47. The van der Waals surface area contributed by atoms with Crippen LogP contribution in [-0.4, -0.2) is 43.1 Å². The van der Waals surface area contributed by atoms with Crippen molar-refractivity contribution < 1.29 is 12.8 Å². The summed E-state index contributed by atoms with van der Waals surface area (Å²) in [5, 5.41) is -0.630. The van der Waals surface area contributed by atoms with Gasteiger partial charge in [0.1, 0.15) is 17.0 Å². The Morgan fingerprint density at radius 1 is 1.63 bits per heavy atom. The average Bonchev–Trinajstić information content (AvgIpc) is 2.37. The standard InChI is InChI=1S/C11H16FN3O2S2/c1-19(16,17)10-7-18-3-2-15(10)11-8(5-13)4-9(12)6-14-11/h4,6,10H,2-3,5,7,13H2,1H3. The van der Waals surface area contributed by atoms with Gasteiger partial charge in [-0.25, -0.2) is 17.8 Å². The van der Waals surface area contributed by atoms with E-state index in [0.29, 0.717) is 23.7 Å². The van der Waals surface area contributed by atoms with Crippen molar-refractivity contribution in [2.45, 2.75) is 11.9 Å². The van der Waals surface area contributed by atoms with Crippen LogP contribution in [0.25, 0.3) is 0 Å². The molecule has 0 aliphatic carbocycles. The summed E-state index contributed by atoms with van der Waals surface area (Å²) in [5.41, 5.74) is 6.12. The molecule has 106 valence electrons. The van der Waals surface area contributed by atoms with Crippen LogP contribution in [0.2, 0.25) is 0 Å². The molecule has 0 radical (unpaired) electrons. The lowest BCUT2D eigenvalue weighted by molar-refractivity contribution is 0.582. The van der Waals surface area contributed by atoms with Gasteiger partial charge in [-0.2, -0.15) is 11.8 Å². The molecule has 2 rings (SSSR count). The highest BCUT2D eigenvalue weighted by Crippen LogP contribution is 2.28. The average molecular weight is 305 g/mol. The fraction of sp³-hybridized carbons (Fsp3) is 0.545. The predicted molar refractivity (Wildman–Crippen MR) is 75.4 cm³/mol. The number of aromatic nitrogens is 1. The third-order valence-corrected chi connectivity index (χ3v) is 5.62. The van der Waals surface area contributed by atoms with E-state index in [4.69, 9.17) is 5.73 Å². The van der Waals surface area contributed by atoms with E-state index in [1.165, 1.54) is 12.3 Å². The van der Waals surface area contributed by atoms with Gasteiger partial charge in [-0.05, 0) is 6.07 Å². The topological polar surface area (TPSA) is 76.3 Å². The molecule has 8 heteroatoms. The Morgan fingerprint density at radius 2 is 2.37 bits per heavy atom. The van der Waals surface area contributed by atoms with Gasteiger partial charge in [0.2, 0.25) is 0 Å². The first kappa shape index (κ1) is 14.5. The Balaban J connectivity index is 2.43. The fourth-order valence-corrected chi connectivity index (χ4v) is 4.88. The second kappa shape index (κ2) is 5.64. The zero-order chi connectivity index (χ0) is 14.0. The quantitative estimate of drug-likeness (QED) is 0.881. The van der Waals surface area contributed by atoms with Crippen LogP contribution < -0.4 is 10.6 Å². The fourth-order valence-electron chi connectivity index (χ4n) is 2.06. The summed E-state index contributed by atoms with van der Waals surface area (Å²) in [6.07, 6.45) is 2.30. The summed E-state index contributed by atoms with van der Waals surface area (Å²) in [5.74, 6) is 1.31. The molecule has 19 heavy (non-hydrogen) atoms. The molecule has 1 fully saturated rings. The Hall–Kier alpha value is -0.860. The molecule has 1 saturated heterocycles. The van der Waals surface area contributed by atoms with Gasteiger partial charge in [0.15, 0.2) is 9.84 Å². The third-order valence-electron chi connectivity index (χ3n) is 2.98. The number of sulfone groups is 1. The number of hydrogen-bond acceptors (Lipinski definition) is 6. The second-order valence-corrected chi connectivity index (χ2v) is 7.75. The molecule has 0 spiro atoms. The largest absolute Gasteiger partial charge is 0.338 e. The number of anilines is 1. The van der Waals surface area contributed by atoms with Crippen molar-refractivity contribution in [3.8, 4) is 0 Å². The Labute approximate surface area is 116 Å². The van der Waals surface area contributed by atoms with Crippen LogP contribution in [0.4, 0.5) is 10.2 Å². The van der Waals surface area contributed by atoms with Crippen molar-refractivity contribution in [3.63, 3.8) is 0 Å². The number of nitrogens with zero attached hydrogens (tertiary/aromatic N) is 2. The number of rotatable bonds is 3. The van der Waals surface area contributed by atoms with E-state index in [0.717, 1.165) is 11.9 Å². The van der Waals surface area contributed by atoms with Crippen molar-refractivity contribution in [1.29, 1.82) is 0 Å². The van der Waals surface area contributed by atoms with Crippen LogP contribution in [0.5, 0.6) is 0 Å². The SMILES string of the molecule is CS(=O)(=O)C1CSCCN1c1ncc(F)cc1CN. The minimum atomic E-state index is -3.23. The van der Waals surface area contributed by atoms with E-state index >= 15 is 0 Å². The normalized spacial score (nSPS) is 20.6. The highest BCUT2D eigenvalue weighted by atomic mass is 32.2. The van der Waals surface area contributed by atoms with E-state index in [2.05, 4.69) is 4.98 Å². The van der Waals surface area contributed by atoms with Crippen molar-refractivity contribution in [2.24, 2.45) is 5.73 Å². The molecule has 0 bridgehead atoms. The lowest BCUT2D eigenvalue weighted by atomic mass is 10.2. The summed E-state index contributed by atoms with van der Waals surface area (Å²) in [6.45, 7) is 0.689. The monoisotopic (exact) mass is 305 g/mol. The molecule has 5 nitrogen and oxygen atoms in total. The van der Waals surface area contributed by atoms with Gasteiger partial charge in [0.25, 0.3) is 0 Å². The lowest BCUT2D eigenvalue weighted by Gasteiger charge is -2.35. The number of hydrogen-bond donors (Lipinski definition) is 1.